The molecule has 0 unspecified atom stereocenters. The van der Waals surface area contributed by atoms with Gasteiger partial charge in [-0.2, -0.15) is 0 Å². The molecule has 270 valence electrons. The van der Waals surface area contributed by atoms with Crippen LogP contribution in [0.25, 0.3) is 0 Å². The van der Waals surface area contributed by atoms with Crippen molar-refractivity contribution in [3.63, 3.8) is 0 Å². The van der Waals surface area contributed by atoms with E-state index in [9.17, 15) is 19.5 Å². The molecule has 3 aromatic rings. The van der Waals surface area contributed by atoms with Gasteiger partial charge in [0.05, 0.1) is 33.0 Å². The summed E-state index contributed by atoms with van der Waals surface area (Å²) in [4.78, 5) is 37.7. The van der Waals surface area contributed by atoms with Crippen molar-refractivity contribution in [2.24, 2.45) is 0 Å². The molecule has 10 nitrogen and oxygen atoms in total. The molecule has 2 atom stereocenters. The number of carboxylic acids is 1. The number of carboxylic acid groups (broad SMARTS) is 1. The second-order valence-electron chi connectivity index (χ2n) is 12.1. The summed E-state index contributed by atoms with van der Waals surface area (Å²) in [7, 11) is 6.58. The topological polar surface area (TPSA) is 135 Å². The van der Waals surface area contributed by atoms with E-state index >= 15 is 0 Å². The number of unbranched alkanes of at least 4 members (excludes halogenated alkanes) is 1. The van der Waals surface area contributed by atoms with Crippen molar-refractivity contribution in [2.45, 2.75) is 62.7 Å². The molecule has 0 aliphatic carbocycles. The van der Waals surface area contributed by atoms with Crippen molar-refractivity contribution in [3.8, 4) is 11.5 Å². The van der Waals surface area contributed by atoms with Crippen molar-refractivity contribution < 1.29 is 38.8 Å². The number of nitrogens with one attached hydrogen (secondary N) is 1. The van der Waals surface area contributed by atoms with Crippen LogP contribution in [0.15, 0.2) is 78.9 Å². The normalized spacial score (nSPS) is 15.9. The fourth-order valence-electron chi connectivity index (χ4n) is 6.08. The first-order chi connectivity index (χ1) is 24.3. The van der Waals surface area contributed by atoms with Crippen LogP contribution in [-0.2, 0) is 24.7 Å². The Morgan fingerprint density at radius 2 is 1.38 bits per heavy atom. The second kappa shape index (κ2) is 20.2. The van der Waals surface area contributed by atoms with Gasteiger partial charge in [-0.05, 0) is 66.6 Å². The van der Waals surface area contributed by atoms with Gasteiger partial charge in [-0.1, -0.05) is 76.2 Å². The van der Waals surface area contributed by atoms with Crippen molar-refractivity contribution in [1.82, 2.24) is 10.2 Å². The Morgan fingerprint density at radius 3 is 1.98 bits per heavy atom. The molecule has 0 radical (unpaired) electrons. The number of hydrogen-bond donors (Lipinski definition) is 3. The fraction of sp³-hybridized carbons (Fsp3) is 0.447. The highest BCUT2D eigenvalue weighted by Gasteiger charge is 2.41. The summed E-state index contributed by atoms with van der Waals surface area (Å²) in [6.07, 6.45) is 2.34. The third-order valence-electron chi connectivity index (χ3n) is 8.63. The lowest BCUT2D eigenvalue weighted by molar-refractivity contribution is -0.137. The maximum absolute atomic E-state index is 13.5. The van der Waals surface area contributed by atoms with Crippen LogP contribution in [0.5, 0.6) is 11.5 Å². The number of rotatable bonds is 21. The van der Waals surface area contributed by atoms with Gasteiger partial charge in [-0.3, -0.25) is 14.4 Å². The van der Waals surface area contributed by atoms with Crippen molar-refractivity contribution >= 4 is 39.4 Å². The number of aliphatic hydroxyl groups is 1. The van der Waals surface area contributed by atoms with Crippen LogP contribution >= 0.6 is 21.6 Å². The summed E-state index contributed by atoms with van der Waals surface area (Å²) >= 11 is 0. The molecule has 1 saturated heterocycles. The number of hydrogen-bond acceptors (Lipinski definition) is 9. The third-order valence-corrected chi connectivity index (χ3v) is 11.1. The maximum atomic E-state index is 13.5. The minimum absolute atomic E-state index is 0.00452. The Kier molecular flexibility index (Phi) is 15.8. The van der Waals surface area contributed by atoms with Gasteiger partial charge in [0.2, 0.25) is 11.8 Å². The lowest BCUT2D eigenvalue weighted by Gasteiger charge is -2.38. The number of aliphatic hydroxyl groups excluding tert-OH is 1. The molecule has 3 aromatic carbocycles. The van der Waals surface area contributed by atoms with Crippen LogP contribution in [0.1, 0.15) is 61.6 Å². The van der Waals surface area contributed by atoms with Crippen LogP contribution in [0.2, 0.25) is 0 Å². The van der Waals surface area contributed by atoms with Crippen LogP contribution < -0.4 is 14.8 Å². The predicted octanol–water partition coefficient (Wildman–Crippen LogP) is 5.90. The average Bonchev–Trinajstić information content (AvgIpc) is 3.52. The van der Waals surface area contributed by atoms with E-state index in [-0.39, 0.29) is 37.4 Å². The number of aliphatic carboxylic acids is 1. The minimum atomic E-state index is -1.02. The van der Waals surface area contributed by atoms with E-state index in [1.54, 1.807) is 40.7 Å². The number of carbonyl (C=O) groups is 3. The van der Waals surface area contributed by atoms with Crippen LogP contribution in [0.3, 0.4) is 0 Å². The Hall–Kier alpha value is -3.71. The number of benzene rings is 3. The molecule has 2 amide bonds. The summed E-state index contributed by atoms with van der Waals surface area (Å²) in [6, 6.07) is 25.3. The largest absolute Gasteiger partial charge is 0.497 e. The van der Waals surface area contributed by atoms with Crippen LogP contribution in [0.4, 0.5) is 0 Å². The Labute approximate surface area is 302 Å². The zero-order valence-electron chi connectivity index (χ0n) is 28.8. The number of nitrogens with zero attached hydrogens (tertiary/aromatic N) is 1. The zero-order valence-corrected chi connectivity index (χ0v) is 30.4. The molecule has 3 N–H and O–H groups in total. The second-order valence-corrected chi connectivity index (χ2v) is 14.8. The van der Waals surface area contributed by atoms with Crippen LogP contribution in [-0.4, -0.2) is 90.5 Å². The van der Waals surface area contributed by atoms with E-state index in [2.05, 4.69) is 5.32 Å². The number of ether oxygens (including phenoxy) is 3. The zero-order chi connectivity index (χ0) is 35.8. The van der Waals surface area contributed by atoms with E-state index in [1.807, 2.05) is 78.9 Å². The van der Waals surface area contributed by atoms with E-state index in [0.717, 1.165) is 39.7 Å². The quantitative estimate of drug-likeness (QED) is 0.0693. The molecule has 1 fully saturated rings. The SMILES string of the molecule is COc1ccc(C(OC[C@@H]2C[C@@H](O)CN2C(=O)CCCSSCCNC(=O)CCCCC(=O)O)(c2ccccc2)c2ccc(OC)cc2)cc1. The summed E-state index contributed by atoms with van der Waals surface area (Å²) in [5, 5.41) is 22.2. The van der Waals surface area contributed by atoms with E-state index in [1.165, 1.54) is 0 Å². The highest BCUT2D eigenvalue weighted by atomic mass is 33.1. The highest BCUT2D eigenvalue weighted by molar-refractivity contribution is 8.76. The van der Waals surface area contributed by atoms with Gasteiger partial charge in [0.15, 0.2) is 0 Å². The van der Waals surface area contributed by atoms with Gasteiger partial charge in [0.25, 0.3) is 0 Å². The van der Waals surface area contributed by atoms with Crippen molar-refractivity contribution in [3.05, 3.63) is 95.6 Å². The standard InChI is InChI=1S/C38H48N2O8S2/c1-46-33-18-14-29(15-19-33)38(28-9-4-3-5-10-28,30-16-20-34(47-2)21-17-30)48-27-31-25-32(41)26-40(31)36(43)12-8-23-49-50-24-22-39-35(42)11-6-7-13-37(44)45/h3-5,9-10,14-21,31-32,41H,6-8,11-13,22-27H2,1-2H3,(H,39,42)(H,44,45)/t31-,32+/m0/s1. The van der Waals surface area contributed by atoms with E-state index in [4.69, 9.17) is 19.3 Å². The van der Waals surface area contributed by atoms with E-state index in [0.29, 0.717) is 45.1 Å². The van der Waals surface area contributed by atoms with Gasteiger partial charge < -0.3 is 34.6 Å². The van der Waals surface area contributed by atoms with Crippen LogP contribution in [0, 0.1) is 0 Å². The molecule has 12 heteroatoms. The summed E-state index contributed by atoms with van der Waals surface area (Å²) in [6.45, 7) is 1.03. The summed E-state index contributed by atoms with van der Waals surface area (Å²) < 4.78 is 17.9. The van der Waals surface area contributed by atoms with Gasteiger partial charge in [0.1, 0.15) is 17.1 Å². The molecule has 0 spiro atoms. The Balaban J connectivity index is 1.36. The Morgan fingerprint density at radius 1 is 0.800 bits per heavy atom. The first-order valence-corrected chi connectivity index (χ1v) is 19.4. The molecule has 50 heavy (non-hydrogen) atoms. The average molecular weight is 725 g/mol. The smallest absolute Gasteiger partial charge is 0.303 e. The molecule has 0 bridgehead atoms. The predicted molar refractivity (Wildman–Crippen MR) is 198 cm³/mol. The van der Waals surface area contributed by atoms with E-state index < -0.39 is 17.7 Å². The first-order valence-electron chi connectivity index (χ1n) is 17.0. The number of carbonyl (C=O) groups excluding carboxylic acids is 2. The fourth-order valence-corrected chi connectivity index (χ4v) is 8.07. The molecule has 1 aliphatic rings. The molecular weight excluding hydrogens is 677 g/mol. The number of methoxy groups -OCH3 is 2. The Bertz CT molecular complexity index is 1440. The summed E-state index contributed by atoms with van der Waals surface area (Å²) in [5.41, 5.74) is 1.71. The van der Waals surface area contributed by atoms with Gasteiger partial charge in [0, 0.05) is 43.9 Å². The molecule has 0 saturated carbocycles. The number of likely N-dealkylation sites (tertiary alicyclic amines) is 1. The van der Waals surface area contributed by atoms with Gasteiger partial charge >= 0.3 is 5.97 Å². The lowest BCUT2D eigenvalue weighted by atomic mass is 9.80. The van der Waals surface area contributed by atoms with Gasteiger partial charge in [-0.25, -0.2) is 0 Å². The summed E-state index contributed by atoms with van der Waals surface area (Å²) in [5.74, 6) is 2.06. The molecule has 0 aromatic heterocycles. The lowest BCUT2D eigenvalue weighted by Crippen LogP contribution is -2.42. The monoisotopic (exact) mass is 724 g/mol. The van der Waals surface area contributed by atoms with Gasteiger partial charge in [-0.15, -0.1) is 0 Å². The first kappa shape index (κ1) is 39.1. The minimum Gasteiger partial charge on any atom is -0.497 e. The maximum Gasteiger partial charge on any atom is 0.303 e. The third kappa shape index (κ3) is 11.1. The van der Waals surface area contributed by atoms with Crippen molar-refractivity contribution in [1.29, 1.82) is 0 Å². The molecule has 1 aliphatic heterocycles. The van der Waals surface area contributed by atoms with Crippen molar-refractivity contribution in [2.75, 3.05) is 45.4 Å². The number of amides is 2. The number of β-amino-alcohol motifs (C(OH)–C–C–N with tert-alkyl or cyclic N) is 1. The highest BCUT2D eigenvalue weighted by Crippen LogP contribution is 2.42. The molecule has 4 rings (SSSR count). The molecular formula is C38H48N2O8S2. The molecule has 1 heterocycles.